The molecule has 1 heterocycles. The zero-order chi connectivity index (χ0) is 13.7. The third kappa shape index (κ3) is 3.83. The van der Waals surface area contributed by atoms with E-state index >= 15 is 0 Å². The van der Waals surface area contributed by atoms with Gasteiger partial charge in [-0.05, 0) is 37.1 Å². The lowest BCUT2D eigenvalue weighted by molar-refractivity contribution is -0.125. The van der Waals surface area contributed by atoms with E-state index in [1.807, 2.05) is 31.2 Å². The van der Waals surface area contributed by atoms with Crippen molar-refractivity contribution in [3.05, 3.63) is 35.9 Å². The van der Waals surface area contributed by atoms with Crippen LogP contribution in [0, 0.1) is 0 Å². The Labute approximate surface area is 113 Å². The van der Waals surface area contributed by atoms with Crippen LogP contribution in [-0.2, 0) is 4.79 Å². The Kier molecular flexibility index (Phi) is 4.58. The van der Waals surface area contributed by atoms with Crippen LogP contribution in [0.4, 0.5) is 0 Å². The molecule has 0 radical (unpaired) electrons. The van der Waals surface area contributed by atoms with Crippen LogP contribution in [0.5, 0.6) is 5.75 Å². The van der Waals surface area contributed by atoms with Crippen LogP contribution >= 0.6 is 0 Å². The van der Waals surface area contributed by atoms with E-state index in [1.165, 1.54) is 0 Å². The van der Waals surface area contributed by atoms with Gasteiger partial charge >= 0.3 is 0 Å². The normalized spacial score (nSPS) is 19.1. The number of nitrogens with zero attached hydrogens (tertiary/aromatic N) is 1. The molecule has 0 bridgehead atoms. The number of aliphatic hydroxyl groups is 1. The largest absolute Gasteiger partial charge is 0.494 e. The summed E-state index contributed by atoms with van der Waals surface area (Å²) >= 11 is 0. The summed E-state index contributed by atoms with van der Waals surface area (Å²) in [7, 11) is 0. The van der Waals surface area contributed by atoms with Gasteiger partial charge in [-0.2, -0.15) is 0 Å². The zero-order valence-corrected chi connectivity index (χ0v) is 11.1. The molecule has 0 spiro atoms. The first-order chi connectivity index (χ1) is 9.19. The van der Waals surface area contributed by atoms with Crippen LogP contribution in [0.1, 0.15) is 18.9 Å². The molecular formula is C15H19NO3. The zero-order valence-electron chi connectivity index (χ0n) is 11.1. The molecule has 1 N–H and O–H groups in total. The van der Waals surface area contributed by atoms with E-state index in [0.29, 0.717) is 26.1 Å². The highest BCUT2D eigenvalue weighted by molar-refractivity contribution is 5.92. The number of hydrogen-bond donors (Lipinski definition) is 1. The summed E-state index contributed by atoms with van der Waals surface area (Å²) in [4.78, 5) is 13.5. The summed E-state index contributed by atoms with van der Waals surface area (Å²) in [6, 6.07) is 7.59. The van der Waals surface area contributed by atoms with Crippen LogP contribution in [0.25, 0.3) is 6.08 Å². The fourth-order valence-corrected chi connectivity index (χ4v) is 2.06. The number of hydrogen-bond acceptors (Lipinski definition) is 3. The fraction of sp³-hybridized carbons (Fsp3) is 0.400. The van der Waals surface area contributed by atoms with Crippen molar-refractivity contribution in [3.8, 4) is 5.75 Å². The third-order valence-electron chi connectivity index (χ3n) is 3.08. The standard InChI is InChI=1S/C15H19NO3/c1-2-19-14-6-3-12(4-7-14)5-8-15(18)16-10-9-13(17)11-16/h3-8,13,17H,2,9-11H2,1H3/t13-/m0/s1. The average molecular weight is 261 g/mol. The number of carbonyl (C=O) groups excluding carboxylic acids is 1. The molecule has 102 valence electrons. The summed E-state index contributed by atoms with van der Waals surface area (Å²) in [6.07, 6.45) is 3.63. The van der Waals surface area contributed by atoms with Gasteiger partial charge in [0.1, 0.15) is 5.75 Å². The van der Waals surface area contributed by atoms with Crippen molar-refractivity contribution >= 4 is 12.0 Å². The molecule has 4 nitrogen and oxygen atoms in total. The summed E-state index contributed by atoms with van der Waals surface area (Å²) in [5, 5.41) is 9.38. The highest BCUT2D eigenvalue weighted by Crippen LogP contribution is 2.14. The number of amides is 1. The van der Waals surface area contributed by atoms with Crippen molar-refractivity contribution in [2.75, 3.05) is 19.7 Å². The number of likely N-dealkylation sites (tertiary alicyclic amines) is 1. The molecule has 0 aromatic heterocycles. The fourth-order valence-electron chi connectivity index (χ4n) is 2.06. The molecule has 1 aliphatic rings. The molecule has 1 aromatic rings. The maximum atomic E-state index is 11.8. The predicted molar refractivity (Wildman–Crippen MR) is 73.8 cm³/mol. The van der Waals surface area contributed by atoms with E-state index in [-0.39, 0.29) is 12.0 Å². The van der Waals surface area contributed by atoms with E-state index in [1.54, 1.807) is 17.1 Å². The van der Waals surface area contributed by atoms with Crippen LogP contribution in [0.15, 0.2) is 30.3 Å². The van der Waals surface area contributed by atoms with Gasteiger partial charge in [0.2, 0.25) is 5.91 Å². The highest BCUT2D eigenvalue weighted by Gasteiger charge is 2.22. The molecule has 1 fully saturated rings. The maximum absolute atomic E-state index is 11.8. The summed E-state index contributed by atoms with van der Waals surface area (Å²) in [5.74, 6) is 0.777. The second-order valence-corrected chi connectivity index (χ2v) is 4.56. The molecule has 4 heteroatoms. The van der Waals surface area contributed by atoms with Gasteiger partial charge in [-0.3, -0.25) is 4.79 Å². The Morgan fingerprint density at radius 2 is 2.21 bits per heavy atom. The first-order valence-electron chi connectivity index (χ1n) is 6.57. The first kappa shape index (κ1) is 13.6. The van der Waals surface area contributed by atoms with Crippen molar-refractivity contribution < 1.29 is 14.6 Å². The number of rotatable bonds is 4. The number of benzene rings is 1. The van der Waals surface area contributed by atoms with E-state index in [0.717, 1.165) is 11.3 Å². The van der Waals surface area contributed by atoms with Crippen molar-refractivity contribution in [1.82, 2.24) is 4.90 Å². The predicted octanol–water partition coefficient (Wildman–Crippen LogP) is 1.69. The number of carbonyl (C=O) groups is 1. The van der Waals surface area contributed by atoms with Gasteiger partial charge in [0.25, 0.3) is 0 Å². The van der Waals surface area contributed by atoms with Gasteiger partial charge in [-0.15, -0.1) is 0 Å². The molecule has 0 saturated carbocycles. The minimum absolute atomic E-state index is 0.0505. The molecule has 19 heavy (non-hydrogen) atoms. The minimum atomic E-state index is -0.372. The Hall–Kier alpha value is -1.81. The molecule has 1 amide bonds. The highest BCUT2D eigenvalue weighted by atomic mass is 16.5. The second kappa shape index (κ2) is 6.38. The Morgan fingerprint density at radius 1 is 1.47 bits per heavy atom. The molecule has 0 unspecified atom stereocenters. The van der Waals surface area contributed by atoms with Gasteiger partial charge in [0, 0.05) is 19.2 Å². The molecule has 1 saturated heterocycles. The third-order valence-corrected chi connectivity index (χ3v) is 3.08. The number of β-amino-alcohol motifs (C(OH)–C–C–N with tert-alkyl or cyclic N) is 1. The Morgan fingerprint density at radius 3 is 2.79 bits per heavy atom. The van der Waals surface area contributed by atoms with Crippen LogP contribution < -0.4 is 4.74 Å². The molecule has 0 aliphatic carbocycles. The number of aliphatic hydroxyl groups excluding tert-OH is 1. The van der Waals surface area contributed by atoms with E-state index < -0.39 is 0 Å². The molecular weight excluding hydrogens is 242 g/mol. The SMILES string of the molecule is CCOc1ccc(C=CC(=O)N2CC[C@H](O)C2)cc1. The Balaban J connectivity index is 1.92. The van der Waals surface area contributed by atoms with Crippen molar-refractivity contribution in [1.29, 1.82) is 0 Å². The summed E-state index contributed by atoms with van der Waals surface area (Å²) in [5.41, 5.74) is 0.955. The average Bonchev–Trinajstić information content (AvgIpc) is 2.85. The van der Waals surface area contributed by atoms with Gasteiger partial charge in [0.05, 0.1) is 12.7 Å². The van der Waals surface area contributed by atoms with Crippen LogP contribution in [0.2, 0.25) is 0 Å². The molecule has 1 aliphatic heterocycles. The Bertz CT molecular complexity index is 453. The van der Waals surface area contributed by atoms with Crippen LogP contribution in [-0.4, -0.2) is 41.7 Å². The lowest BCUT2D eigenvalue weighted by Crippen LogP contribution is -2.27. The smallest absolute Gasteiger partial charge is 0.246 e. The topological polar surface area (TPSA) is 49.8 Å². The first-order valence-corrected chi connectivity index (χ1v) is 6.57. The molecule has 1 atom stereocenters. The quantitative estimate of drug-likeness (QED) is 0.839. The second-order valence-electron chi connectivity index (χ2n) is 4.56. The number of ether oxygens (including phenoxy) is 1. The minimum Gasteiger partial charge on any atom is -0.494 e. The monoisotopic (exact) mass is 261 g/mol. The lowest BCUT2D eigenvalue weighted by Gasteiger charge is -2.12. The maximum Gasteiger partial charge on any atom is 0.246 e. The van der Waals surface area contributed by atoms with Gasteiger partial charge in [-0.1, -0.05) is 12.1 Å². The molecule has 2 rings (SSSR count). The van der Waals surface area contributed by atoms with Crippen molar-refractivity contribution in [3.63, 3.8) is 0 Å². The summed E-state index contributed by atoms with van der Waals surface area (Å²) < 4.78 is 5.35. The van der Waals surface area contributed by atoms with Crippen molar-refractivity contribution in [2.24, 2.45) is 0 Å². The van der Waals surface area contributed by atoms with Gasteiger partial charge < -0.3 is 14.7 Å². The van der Waals surface area contributed by atoms with Crippen molar-refractivity contribution in [2.45, 2.75) is 19.4 Å². The summed E-state index contributed by atoms with van der Waals surface area (Å²) in [6.45, 7) is 3.65. The van der Waals surface area contributed by atoms with Gasteiger partial charge in [0.15, 0.2) is 0 Å². The lowest BCUT2D eigenvalue weighted by atomic mass is 10.2. The van der Waals surface area contributed by atoms with E-state index in [9.17, 15) is 9.90 Å². The van der Waals surface area contributed by atoms with E-state index in [2.05, 4.69) is 0 Å². The molecule has 1 aromatic carbocycles. The van der Waals surface area contributed by atoms with Gasteiger partial charge in [-0.25, -0.2) is 0 Å². The van der Waals surface area contributed by atoms with Crippen LogP contribution in [0.3, 0.4) is 0 Å². The van der Waals surface area contributed by atoms with E-state index in [4.69, 9.17) is 4.74 Å².